The van der Waals surface area contributed by atoms with E-state index in [4.69, 9.17) is 5.11 Å². The Balaban J connectivity index is 2.28. The molecule has 1 aliphatic rings. The molecular weight excluding hydrogens is 218 g/mol. The highest BCUT2D eigenvalue weighted by Crippen LogP contribution is 2.36. The van der Waals surface area contributed by atoms with Crippen LogP contribution in [-0.4, -0.2) is 23.5 Å². The summed E-state index contributed by atoms with van der Waals surface area (Å²) in [5.41, 5.74) is 2.72. The first-order chi connectivity index (χ1) is 7.50. The number of thioether (sulfide) groups is 1. The highest BCUT2D eigenvalue weighted by atomic mass is 32.2. The van der Waals surface area contributed by atoms with Crippen LogP contribution in [0.15, 0.2) is 23.1 Å². The molecule has 16 heavy (non-hydrogen) atoms. The second kappa shape index (κ2) is 4.30. The fourth-order valence-corrected chi connectivity index (χ4v) is 2.84. The van der Waals surface area contributed by atoms with Gasteiger partial charge in [-0.1, -0.05) is 26.8 Å². The smallest absolute Gasteiger partial charge is 0.0641 e. The Hall–Kier alpha value is -0.670. The topological polar surface area (TPSA) is 32.3 Å². The fourth-order valence-electron chi connectivity index (χ4n) is 1.78. The van der Waals surface area contributed by atoms with Gasteiger partial charge < -0.3 is 10.4 Å². The maximum absolute atomic E-state index is 9.12. The van der Waals surface area contributed by atoms with Crippen LogP contribution in [0.3, 0.4) is 0 Å². The number of anilines is 1. The SMILES string of the molecule is CC(C)(C)c1ccc2c(c1)SCC(CO)N2. The van der Waals surface area contributed by atoms with Crippen molar-refractivity contribution in [3.05, 3.63) is 23.8 Å². The third-order valence-electron chi connectivity index (χ3n) is 2.87. The van der Waals surface area contributed by atoms with Gasteiger partial charge in [0.2, 0.25) is 0 Å². The average Bonchev–Trinajstić information content (AvgIpc) is 2.26. The first-order valence-electron chi connectivity index (χ1n) is 5.65. The van der Waals surface area contributed by atoms with Crippen LogP contribution in [0.2, 0.25) is 0 Å². The number of fused-ring (bicyclic) bond motifs is 1. The van der Waals surface area contributed by atoms with Crippen molar-refractivity contribution in [2.45, 2.75) is 37.1 Å². The largest absolute Gasteiger partial charge is 0.394 e. The van der Waals surface area contributed by atoms with Crippen LogP contribution >= 0.6 is 11.8 Å². The Labute approximate surface area is 101 Å². The van der Waals surface area contributed by atoms with Gasteiger partial charge in [-0.25, -0.2) is 0 Å². The number of hydrogen-bond donors (Lipinski definition) is 2. The molecule has 0 amide bonds. The van der Waals surface area contributed by atoms with Gasteiger partial charge in [0.05, 0.1) is 12.6 Å². The summed E-state index contributed by atoms with van der Waals surface area (Å²) in [6.07, 6.45) is 0. The lowest BCUT2D eigenvalue weighted by atomic mass is 9.87. The van der Waals surface area contributed by atoms with Gasteiger partial charge >= 0.3 is 0 Å². The lowest BCUT2D eigenvalue weighted by Gasteiger charge is -2.27. The molecule has 1 atom stereocenters. The van der Waals surface area contributed by atoms with Crippen LogP contribution in [0.5, 0.6) is 0 Å². The summed E-state index contributed by atoms with van der Waals surface area (Å²) in [7, 11) is 0. The highest BCUT2D eigenvalue weighted by Gasteiger charge is 2.20. The molecule has 0 bridgehead atoms. The van der Waals surface area contributed by atoms with Crippen molar-refractivity contribution in [2.75, 3.05) is 17.7 Å². The molecule has 3 heteroatoms. The molecule has 2 rings (SSSR count). The Bertz CT molecular complexity index is 384. The molecule has 88 valence electrons. The quantitative estimate of drug-likeness (QED) is 0.788. The molecule has 0 aliphatic carbocycles. The van der Waals surface area contributed by atoms with Gasteiger partial charge in [0, 0.05) is 16.3 Å². The van der Waals surface area contributed by atoms with Crippen molar-refractivity contribution in [2.24, 2.45) is 0 Å². The van der Waals surface area contributed by atoms with E-state index in [0.29, 0.717) is 0 Å². The molecular formula is C13H19NOS. The summed E-state index contributed by atoms with van der Waals surface area (Å²) in [6, 6.07) is 6.76. The molecule has 0 fully saturated rings. The van der Waals surface area contributed by atoms with Gasteiger partial charge in [-0.05, 0) is 23.1 Å². The van der Waals surface area contributed by atoms with Crippen molar-refractivity contribution in [1.29, 1.82) is 0 Å². The summed E-state index contributed by atoms with van der Waals surface area (Å²) >= 11 is 1.83. The molecule has 1 aliphatic heterocycles. The van der Waals surface area contributed by atoms with Crippen LogP contribution < -0.4 is 5.32 Å². The summed E-state index contributed by atoms with van der Waals surface area (Å²) in [5, 5.41) is 12.5. The summed E-state index contributed by atoms with van der Waals surface area (Å²) in [4.78, 5) is 1.30. The fraction of sp³-hybridized carbons (Fsp3) is 0.538. The standard InChI is InChI=1S/C13H19NOS/c1-13(2,3)9-4-5-11-12(6-9)16-8-10(7-15)14-11/h4-6,10,14-15H,7-8H2,1-3H3. The van der Waals surface area contributed by atoms with Gasteiger partial charge in [-0.2, -0.15) is 0 Å². The minimum atomic E-state index is 0.193. The van der Waals surface area contributed by atoms with Crippen LogP contribution in [0.25, 0.3) is 0 Å². The Morgan fingerprint density at radius 1 is 1.44 bits per heavy atom. The second-order valence-corrected chi connectivity index (χ2v) is 6.36. The Morgan fingerprint density at radius 2 is 2.19 bits per heavy atom. The number of benzene rings is 1. The molecule has 0 radical (unpaired) electrons. The number of aliphatic hydroxyl groups excluding tert-OH is 1. The van der Waals surface area contributed by atoms with Crippen molar-refractivity contribution >= 4 is 17.4 Å². The van der Waals surface area contributed by atoms with Gasteiger partial charge in [-0.15, -0.1) is 11.8 Å². The molecule has 1 aromatic rings. The predicted molar refractivity (Wildman–Crippen MR) is 70.4 cm³/mol. The zero-order chi connectivity index (χ0) is 11.8. The predicted octanol–water partition coefficient (Wildman–Crippen LogP) is 2.86. The highest BCUT2D eigenvalue weighted by molar-refractivity contribution is 7.99. The molecule has 1 aromatic carbocycles. The minimum absolute atomic E-state index is 0.193. The van der Waals surface area contributed by atoms with E-state index in [-0.39, 0.29) is 18.1 Å². The van der Waals surface area contributed by atoms with Gasteiger partial charge in [0.15, 0.2) is 0 Å². The van der Waals surface area contributed by atoms with Crippen molar-refractivity contribution in [1.82, 2.24) is 0 Å². The number of aliphatic hydroxyl groups is 1. The molecule has 2 N–H and O–H groups in total. The number of hydrogen-bond acceptors (Lipinski definition) is 3. The van der Waals surface area contributed by atoms with Crippen molar-refractivity contribution in [3.8, 4) is 0 Å². The minimum Gasteiger partial charge on any atom is -0.394 e. The van der Waals surface area contributed by atoms with E-state index in [9.17, 15) is 0 Å². The van der Waals surface area contributed by atoms with E-state index in [2.05, 4.69) is 44.3 Å². The van der Waals surface area contributed by atoms with E-state index in [1.165, 1.54) is 10.5 Å². The van der Waals surface area contributed by atoms with E-state index in [1.54, 1.807) is 0 Å². The molecule has 0 saturated heterocycles. The van der Waals surface area contributed by atoms with E-state index in [0.717, 1.165) is 11.4 Å². The van der Waals surface area contributed by atoms with Gasteiger partial charge in [-0.3, -0.25) is 0 Å². The first-order valence-corrected chi connectivity index (χ1v) is 6.64. The first kappa shape index (κ1) is 11.8. The molecule has 0 saturated carbocycles. The van der Waals surface area contributed by atoms with E-state index >= 15 is 0 Å². The monoisotopic (exact) mass is 237 g/mol. The molecule has 0 aromatic heterocycles. The zero-order valence-corrected chi connectivity index (χ0v) is 10.9. The lowest BCUT2D eigenvalue weighted by Crippen LogP contribution is -2.29. The van der Waals surface area contributed by atoms with Crippen LogP contribution in [-0.2, 0) is 5.41 Å². The zero-order valence-electron chi connectivity index (χ0n) is 10.1. The summed E-state index contributed by atoms with van der Waals surface area (Å²) in [6.45, 7) is 6.89. The van der Waals surface area contributed by atoms with Crippen molar-refractivity contribution < 1.29 is 5.11 Å². The van der Waals surface area contributed by atoms with Crippen LogP contribution in [0.4, 0.5) is 5.69 Å². The third kappa shape index (κ3) is 2.36. The average molecular weight is 237 g/mol. The summed E-state index contributed by atoms with van der Waals surface area (Å²) < 4.78 is 0. The normalized spacial score (nSPS) is 20.1. The Morgan fingerprint density at radius 3 is 2.81 bits per heavy atom. The van der Waals surface area contributed by atoms with Crippen molar-refractivity contribution in [3.63, 3.8) is 0 Å². The number of nitrogens with one attached hydrogen (secondary N) is 1. The van der Waals surface area contributed by atoms with E-state index < -0.39 is 0 Å². The third-order valence-corrected chi connectivity index (χ3v) is 4.09. The van der Waals surface area contributed by atoms with Gasteiger partial charge in [0.25, 0.3) is 0 Å². The summed E-state index contributed by atoms with van der Waals surface area (Å²) in [5.74, 6) is 0.942. The maximum Gasteiger partial charge on any atom is 0.0641 e. The lowest BCUT2D eigenvalue weighted by molar-refractivity contribution is 0.282. The number of rotatable bonds is 1. The van der Waals surface area contributed by atoms with Gasteiger partial charge in [0.1, 0.15) is 0 Å². The van der Waals surface area contributed by atoms with E-state index in [1.807, 2.05) is 11.8 Å². The molecule has 0 spiro atoms. The second-order valence-electron chi connectivity index (χ2n) is 5.30. The molecule has 2 nitrogen and oxygen atoms in total. The van der Waals surface area contributed by atoms with Crippen LogP contribution in [0.1, 0.15) is 26.3 Å². The molecule has 1 unspecified atom stereocenters. The maximum atomic E-state index is 9.12. The Kier molecular flexibility index (Phi) is 3.17. The molecule has 1 heterocycles. The van der Waals surface area contributed by atoms with Crippen LogP contribution in [0, 0.1) is 0 Å².